The van der Waals surface area contributed by atoms with E-state index < -0.39 is 22.4 Å². The maximum Gasteiger partial charge on any atom is 0.356 e. The second-order valence-electron chi connectivity index (χ2n) is 2.62. The SMILES string of the molecule is O=C(Cl)CCC(=O)OOC(=O)CCC(=O)Cl. The first-order chi connectivity index (χ1) is 7.41. The van der Waals surface area contributed by atoms with E-state index in [2.05, 4.69) is 9.78 Å². The topological polar surface area (TPSA) is 86.7 Å². The van der Waals surface area contributed by atoms with Crippen LogP contribution in [-0.2, 0) is 29.0 Å². The molecule has 16 heavy (non-hydrogen) atoms. The van der Waals surface area contributed by atoms with Crippen LogP contribution in [0.5, 0.6) is 0 Å². The van der Waals surface area contributed by atoms with Gasteiger partial charge in [-0.05, 0) is 23.2 Å². The summed E-state index contributed by atoms with van der Waals surface area (Å²) in [5.74, 6) is -1.81. The van der Waals surface area contributed by atoms with Gasteiger partial charge >= 0.3 is 11.9 Å². The minimum atomic E-state index is -0.903. The van der Waals surface area contributed by atoms with Gasteiger partial charge in [-0.25, -0.2) is 19.4 Å². The molecule has 0 aromatic carbocycles. The van der Waals surface area contributed by atoms with Gasteiger partial charge in [-0.1, -0.05) is 0 Å². The van der Waals surface area contributed by atoms with Crippen molar-refractivity contribution in [1.82, 2.24) is 0 Å². The van der Waals surface area contributed by atoms with Crippen molar-refractivity contribution in [3.05, 3.63) is 0 Å². The third kappa shape index (κ3) is 9.42. The Morgan fingerprint density at radius 1 is 0.688 bits per heavy atom. The van der Waals surface area contributed by atoms with E-state index in [-0.39, 0.29) is 25.7 Å². The summed E-state index contributed by atoms with van der Waals surface area (Å²) in [4.78, 5) is 50.2. The van der Waals surface area contributed by atoms with Gasteiger partial charge in [0.25, 0.3) is 0 Å². The van der Waals surface area contributed by atoms with E-state index in [1.54, 1.807) is 0 Å². The summed E-state index contributed by atoms with van der Waals surface area (Å²) in [6, 6.07) is 0. The lowest BCUT2D eigenvalue weighted by Gasteiger charge is -2.01. The molecule has 0 heterocycles. The zero-order valence-electron chi connectivity index (χ0n) is 8.03. The fourth-order valence-corrected chi connectivity index (χ4v) is 0.766. The van der Waals surface area contributed by atoms with Crippen LogP contribution < -0.4 is 0 Å². The number of hydrogen-bond acceptors (Lipinski definition) is 6. The predicted octanol–water partition coefficient (Wildman–Crippen LogP) is 1.08. The minimum absolute atomic E-state index is 0.210. The molecule has 0 spiro atoms. The molecular weight excluding hydrogens is 263 g/mol. The van der Waals surface area contributed by atoms with E-state index in [1.165, 1.54) is 0 Å². The van der Waals surface area contributed by atoms with E-state index in [0.29, 0.717) is 0 Å². The largest absolute Gasteiger partial charge is 0.356 e. The highest BCUT2D eigenvalue weighted by molar-refractivity contribution is 6.63. The van der Waals surface area contributed by atoms with Crippen molar-refractivity contribution in [3.63, 3.8) is 0 Å². The molecule has 0 radical (unpaired) electrons. The summed E-state index contributed by atoms with van der Waals surface area (Å²) in [6.45, 7) is 0. The molecule has 0 bridgehead atoms. The Kier molecular flexibility index (Phi) is 7.49. The van der Waals surface area contributed by atoms with E-state index in [4.69, 9.17) is 23.2 Å². The van der Waals surface area contributed by atoms with Crippen LogP contribution in [0.15, 0.2) is 0 Å². The fourth-order valence-electron chi connectivity index (χ4n) is 0.577. The minimum Gasteiger partial charge on any atom is -0.281 e. The number of carbonyl (C=O) groups is 4. The van der Waals surface area contributed by atoms with Crippen LogP contribution in [0, 0.1) is 0 Å². The van der Waals surface area contributed by atoms with Crippen LogP contribution in [0.4, 0.5) is 0 Å². The predicted molar refractivity (Wildman–Crippen MR) is 52.4 cm³/mol. The summed E-state index contributed by atoms with van der Waals surface area (Å²) in [5, 5.41) is -1.40. The summed E-state index contributed by atoms with van der Waals surface area (Å²) >= 11 is 9.93. The van der Waals surface area contributed by atoms with Crippen molar-refractivity contribution in [2.24, 2.45) is 0 Å². The molecule has 0 saturated heterocycles. The normalized spacial score (nSPS) is 9.38. The number of hydrogen-bond donors (Lipinski definition) is 0. The van der Waals surface area contributed by atoms with Gasteiger partial charge in [0.1, 0.15) is 0 Å². The lowest BCUT2D eigenvalue weighted by molar-refractivity contribution is -0.259. The van der Waals surface area contributed by atoms with Crippen LogP contribution in [0.2, 0.25) is 0 Å². The van der Waals surface area contributed by atoms with E-state index in [1.807, 2.05) is 0 Å². The van der Waals surface area contributed by atoms with Gasteiger partial charge in [-0.3, -0.25) is 9.59 Å². The third-order valence-electron chi connectivity index (χ3n) is 1.28. The second-order valence-corrected chi connectivity index (χ2v) is 3.46. The number of rotatable bonds is 6. The highest BCUT2D eigenvalue weighted by Gasteiger charge is 2.12. The summed E-state index contributed by atoms with van der Waals surface area (Å²) in [6.07, 6.45) is -0.996. The standard InChI is InChI=1S/C8H8Cl2O6/c9-5(11)1-3-7(13)15-16-8(14)4-2-6(10)12/h1-4H2. The lowest BCUT2D eigenvalue weighted by atomic mass is 10.3. The first-order valence-electron chi connectivity index (χ1n) is 4.18. The first-order valence-corrected chi connectivity index (χ1v) is 4.94. The van der Waals surface area contributed by atoms with Crippen molar-refractivity contribution < 1.29 is 29.0 Å². The van der Waals surface area contributed by atoms with Gasteiger partial charge in [-0.2, -0.15) is 0 Å². The molecule has 0 aliphatic heterocycles. The quantitative estimate of drug-likeness (QED) is 0.408. The molecule has 6 nitrogen and oxygen atoms in total. The number of carbonyl (C=O) groups excluding carboxylic acids is 4. The third-order valence-corrected chi connectivity index (χ3v) is 1.66. The zero-order chi connectivity index (χ0) is 12.6. The Morgan fingerprint density at radius 2 is 1.00 bits per heavy atom. The lowest BCUT2D eigenvalue weighted by Crippen LogP contribution is -2.12. The van der Waals surface area contributed by atoms with Crippen molar-refractivity contribution in [1.29, 1.82) is 0 Å². The summed E-state index contributed by atoms with van der Waals surface area (Å²) < 4.78 is 0. The molecule has 0 amide bonds. The molecule has 0 aliphatic rings. The van der Waals surface area contributed by atoms with Crippen LogP contribution in [0.25, 0.3) is 0 Å². The molecule has 0 N–H and O–H groups in total. The molecule has 0 unspecified atom stereocenters. The average Bonchev–Trinajstić information content (AvgIpc) is 2.20. The molecular formula is C8H8Cl2O6. The molecule has 0 saturated carbocycles. The molecule has 8 heteroatoms. The van der Waals surface area contributed by atoms with Crippen LogP contribution in [-0.4, -0.2) is 22.4 Å². The van der Waals surface area contributed by atoms with Gasteiger partial charge in [0.2, 0.25) is 10.5 Å². The fraction of sp³-hybridized carbons (Fsp3) is 0.500. The van der Waals surface area contributed by atoms with Gasteiger partial charge in [-0.15, -0.1) is 0 Å². The smallest absolute Gasteiger partial charge is 0.281 e. The van der Waals surface area contributed by atoms with Crippen molar-refractivity contribution in [2.75, 3.05) is 0 Å². The highest BCUT2D eigenvalue weighted by Crippen LogP contribution is 2.00. The first kappa shape index (κ1) is 14.9. The molecule has 0 atom stereocenters. The summed E-state index contributed by atoms with van der Waals surface area (Å²) in [7, 11) is 0. The molecule has 0 aliphatic carbocycles. The van der Waals surface area contributed by atoms with Crippen molar-refractivity contribution in [3.8, 4) is 0 Å². The monoisotopic (exact) mass is 270 g/mol. The van der Waals surface area contributed by atoms with Crippen LogP contribution in [0.1, 0.15) is 25.7 Å². The second kappa shape index (κ2) is 8.06. The highest BCUT2D eigenvalue weighted by atomic mass is 35.5. The van der Waals surface area contributed by atoms with Crippen LogP contribution in [0.3, 0.4) is 0 Å². The molecule has 0 rings (SSSR count). The van der Waals surface area contributed by atoms with E-state index >= 15 is 0 Å². The molecule has 90 valence electrons. The van der Waals surface area contributed by atoms with Gasteiger partial charge in [0, 0.05) is 12.8 Å². The maximum atomic E-state index is 10.8. The van der Waals surface area contributed by atoms with E-state index in [0.717, 1.165) is 0 Å². The Hall–Kier alpha value is -1.14. The average molecular weight is 271 g/mol. The molecule has 0 fully saturated rings. The molecule has 0 aromatic rings. The Bertz CT molecular complexity index is 271. The Labute approximate surface area is 101 Å². The van der Waals surface area contributed by atoms with Crippen molar-refractivity contribution >= 4 is 45.6 Å². The van der Waals surface area contributed by atoms with Crippen molar-refractivity contribution in [2.45, 2.75) is 25.7 Å². The summed E-state index contributed by atoms with van der Waals surface area (Å²) in [5.41, 5.74) is 0. The maximum absolute atomic E-state index is 10.8. The van der Waals surface area contributed by atoms with Gasteiger partial charge in [0.15, 0.2) is 0 Å². The Balaban J connectivity index is 3.63. The molecule has 0 aromatic heterocycles. The van der Waals surface area contributed by atoms with Gasteiger partial charge < -0.3 is 0 Å². The Morgan fingerprint density at radius 3 is 1.25 bits per heavy atom. The van der Waals surface area contributed by atoms with Gasteiger partial charge in [0.05, 0.1) is 12.8 Å². The van der Waals surface area contributed by atoms with Crippen LogP contribution >= 0.6 is 23.2 Å². The number of halogens is 2. The zero-order valence-corrected chi connectivity index (χ0v) is 9.55. The van der Waals surface area contributed by atoms with E-state index in [9.17, 15) is 19.2 Å².